The van der Waals surface area contributed by atoms with Gasteiger partial charge in [-0.3, -0.25) is 0 Å². The van der Waals surface area contributed by atoms with Gasteiger partial charge in [0, 0.05) is 12.7 Å². The molecule has 2 rings (SSSR count). The lowest BCUT2D eigenvalue weighted by Gasteiger charge is -2.13. The highest BCUT2D eigenvalue weighted by Gasteiger charge is 2.34. The van der Waals surface area contributed by atoms with E-state index in [4.69, 9.17) is 10.00 Å². The van der Waals surface area contributed by atoms with Crippen LogP contribution < -0.4 is 10.1 Å². The monoisotopic (exact) mass is 325 g/mol. The smallest absolute Gasteiger partial charge is 0.421 e. The van der Waals surface area contributed by atoms with Gasteiger partial charge in [-0.15, -0.1) is 0 Å². The summed E-state index contributed by atoms with van der Waals surface area (Å²) in [5, 5.41) is 11.3. The van der Waals surface area contributed by atoms with Crippen molar-refractivity contribution in [2.24, 2.45) is 0 Å². The average Bonchev–Trinajstić information content (AvgIpc) is 2.52. The van der Waals surface area contributed by atoms with E-state index in [1.54, 1.807) is 6.07 Å². The first kappa shape index (κ1) is 16.5. The van der Waals surface area contributed by atoms with Gasteiger partial charge < -0.3 is 10.1 Å². The highest BCUT2D eigenvalue weighted by Crippen LogP contribution is 2.34. The molecule has 1 N–H and O–H groups in total. The van der Waals surface area contributed by atoms with Crippen molar-refractivity contribution >= 4 is 5.69 Å². The van der Waals surface area contributed by atoms with Gasteiger partial charge in [-0.25, -0.2) is 9.37 Å². The van der Waals surface area contributed by atoms with Crippen LogP contribution in [0, 0.1) is 17.1 Å². The molecule has 0 saturated heterocycles. The first-order valence-electron chi connectivity index (χ1n) is 6.50. The Bertz CT molecular complexity index is 725. The van der Waals surface area contributed by atoms with Gasteiger partial charge in [-0.2, -0.15) is 18.4 Å². The minimum absolute atomic E-state index is 0.0662. The molecule has 1 aromatic carbocycles. The Morgan fingerprint density at radius 2 is 2.04 bits per heavy atom. The molecule has 4 nitrogen and oxygen atoms in total. The maximum absolute atomic E-state index is 13.6. The third kappa shape index (κ3) is 4.32. The highest BCUT2D eigenvalue weighted by atomic mass is 19.4. The Morgan fingerprint density at radius 3 is 2.70 bits per heavy atom. The van der Waals surface area contributed by atoms with Gasteiger partial charge in [0.1, 0.15) is 18.0 Å². The quantitative estimate of drug-likeness (QED) is 0.674. The SMILES string of the molecule is N#Cc1ccc(NCCOc2ncccc2C(F)(F)F)c(F)c1. The molecule has 0 aliphatic carbocycles. The van der Waals surface area contributed by atoms with Gasteiger partial charge in [0.05, 0.1) is 17.3 Å². The number of aromatic nitrogens is 1. The number of halogens is 4. The summed E-state index contributed by atoms with van der Waals surface area (Å²) >= 11 is 0. The van der Waals surface area contributed by atoms with Crippen LogP contribution in [0.4, 0.5) is 23.2 Å². The summed E-state index contributed by atoms with van der Waals surface area (Å²) in [4.78, 5) is 3.55. The van der Waals surface area contributed by atoms with Gasteiger partial charge in [0.15, 0.2) is 0 Å². The van der Waals surface area contributed by atoms with E-state index in [0.717, 1.165) is 12.1 Å². The van der Waals surface area contributed by atoms with Gasteiger partial charge in [-0.05, 0) is 30.3 Å². The molecule has 0 fully saturated rings. The Morgan fingerprint density at radius 1 is 1.26 bits per heavy atom. The van der Waals surface area contributed by atoms with E-state index in [1.165, 1.54) is 24.4 Å². The maximum Gasteiger partial charge on any atom is 0.421 e. The van der Waals surface area contributed by atoms with Crippen molar-refractivity contribution in [1.29, 1.82) is 5.26 Å². The zero-order chi connectivity index (χ0) is 16.9. The predicted octanol–water partition coefficient (Wildman–Crippen LogP) is 3.60. The Labute approximate surface area is 129 Å². The molecule has 0 aliphatic heterocycles. The number of nitrogens with one attached hydrogen (secondary N) is 1. The second-order valence-electron chi connectivity index (χ2n) is 4.44. The molecule has 120 valence electrons. The number of nitrogens with zero attached hydrogens (tertiary/aromatic N) is 2. The Hall–Kier alpha value is -2.82. The first-order valence-corrected chi connectivity index (χ1v) is 6.50. The lowest BCUT2D eigenvalue weighted by atomic mass is 10.2. The standard InChI is InChI=1S/C15H11F4N3O/c16-12-8-10(9-20)3-4-13(12)21-6-7-23-14-11(15(17,18)19)2-1-5-22-14/h1-5,8,21H,6-7H2. The number of alkyl halides is 3. The van der Waals surface area contributed by atoms with Crippen molar-refractivity contribution in [3.63, 3.8) is 0 Å². The summed E-state index contributed by atoms with van der Waals surface area (Å²) in [7, 11) is 0. The summed E-state index contributed by atoms with van der Waals surface area (Å²) in [5.41, 5.74) is -0.665. The molecule has 23 heavy (non-hydrogen) atoms. The Balaban J connectivity index is 1.93. The van der Waals surface area contributed by atoms with Crippen molar-refractivity contribution in [1.82, 2.24) is 4.98 Å². The molecule has 8 heteroatoms. The van der Waals surface area contributed by atoms with E-state index in [1.807, 2.05) is 0 Å². The topological polar surface area (TPSA) is 57.9 Å². The number of hydrogen-bond acceptors (Lipinski definition) is 4. The normalized spacial score (nSPS) is 10.9. The number of rotatable bonds is 5. The van der Waals surface area contributed by atoms with Crippen molar-refractivity contribution in [3.05, 3.63) is 53.5 Å². The molecule has 1 heterocycles. The fourth-order valence-corrected chi connectivity index (χ4v) is 1.78. The molecule has 0 aliphatic rings. The molecule has 0 spiro atoms. The van der Waals surface area contributed by atoms with E-state index in [-0.39, 0.29) is 24.4 Å². The van der Waals surface area contributed by atoms with E-state index in [9.17, 15) is 17.6 Å². The van der Waals surface area contributed by atoms with Crippen LogP contribution in [0.3, 0.4) is 0 Å². The Kier molecular flexibility index (Phi) is 5.01. The lowest BCUT2D eigenvalue weighted by molar-refractivity contribution is -0.139. The third-order valence-electron chi connectivity index (χ3n) is 2.83. The van der Waals surface area contributed by atoms with E-state index >= 15 is 0 Å². The van der Waals surface area contributed by atoms with Crippen LogP contribution in [0.25, 0.3) is 0 Å². The zero-order valence-corrected chi connectivity index (χ0v) is 11.7. The molecule has 2 aromatic rings. The number of benzene rings is 1. The van der Waals surface area contributed by atoms with Crippen LogP contribution in [0.2, 0.25) is 0 Å². The molecule has 0 saturated carbocycles. The fourth-order valence-electron chi connectivity index (χ4n) is 1.78. The van der Waals surface area contributed by atoms with Crippen LogP contribution in [0.1, 0.15) is 11.1 Å². The number of pyridine rings is 1. The molecule has 0 atom stereocenters. The molecular formula is C15H11F4N3O. The fraction of sp³-hybridized carbons (Fsp3) is 0.200. The summed E-state index contributed by atoms with van der Waals surface area (Å²) < 4.78 is 56.8. The first-order chi connectivity index (χ1) is 10.9. The molecular weight excluding hydrogens is 314 g/mol. The molecule has 0 radical (unpaired) electrons. The maximum atomic E-state index is 13.6. The number of hydrogen-bond donors (Lipinski definition) is 1. The molecule has 1 aromatic heterocycles. The van der Waals surface area contributed by atoms with Gasteiger partial charge in [0.2, 0.25) is 5.88 Å². The summed E-state index contributed by atoms with van der Waals surface area (Å²) in [5.74, 6) is -1.15. The second-order valence-corrected chi connectivity index (χ2v) is 4.44. The van der Waals surface area contributed by atoms with Crippen molar-refractivity contribution in [2.45, 2.75) is 6.18 Å². The lowest BCUT2D eigenvalue weighted by Crippen LogP contribution is -2.16. The van der Waals surface area contributed by atoms with Crippen molar-refractivity contribution < 1.29 is 22.3 Å². The molecule has 0 unspecified atom stereocenters. The van der Waals surface area contributed by atoms with Gasteiger partial charge in [-0.1, -0.05) is 0 Å². The zero-order valence-electron chi connectivity index (χ0n) is 11.7. The second kappa shape index (κ2) is 6.96. The van der Waals surface area contributed by atoms with Crippen molar-refractivity contribution in [3.8, 4) is 11.9 Å². The number of ether oxygens (including phenoxy) is 1. The largest absolute Gasteiger partial charge is 0.475 e. The minimum atomic E-state index is -4.56. The average molecular weight is 325 g/mol. The predicted molar refractivity (Wildman–Crippen MR) is 74.3 cm³/mol. The van der Waals surface area contributed by atoms with Crippen molar-refractivity contribution in [2.75, 3.05) is 18.5 Å². The molecule has 0 bridgehead atoms. The van der Waals surface area contributed by atoms with Crippen LogP contribution in [-0.2, 0) is 6.18 Å². The van der Waals surface area contributed by atoms with Gasteiger partial charge >= 0.3 is 6.18 Å². The van der Waals surface area contributed by atoms with Gasteiger partial charge in [0.25, 0.3) is 0 Å². The number of nitriles is 1. The summed E-state index contributed by atoms with van der Waals surface area (Å²) in [6, 6.07) is 7.69. The third-order valence-corrected chi connectivity index (χ3v) is 2.83. The summed E-state index contributed by atoms with van der Waals surface area (Å²) in [6.07, 6.45) is -3.37. The molecule has 0 amide bonds. The highest BCUT2D eigenvalue weighted by molar-refractivity contribution is 5.48. The van der Waals surface area contributed by atoms with Crippen LogP contribution in [0.5, 0.6) is 5.88 Å². The van der Waals surface area contributed by atoms with E-state index < -0.39 is 23.4 Å². The van der Waals surface area contributed by atoms with Crippen LogP contribution in [-0.4, -0.2) is 18.1 Å². The van der Waals surface area contributed by atoms with Crippen LogP contribution >= 0.6 is 0 Å². The van der Waals surface area contributed by atoms with E-state index in [2.05, 4.69) is 10.3 Å². The number of anilines is 1. The van der Waals surface area contributed by atoms with E-state index in [0.29, 0.717) is 0 Å². The summed E-state index contributed by atoms with van der Waals surface area (Å²) in [6.45, 7) is -0.0732. The minimum Gasteiger partial charge on any atom is -0.475 e. The van der Waals surface area contributed by atoms with Crippen LogP contribution in [0.15, 0.2) is 36.5 Å².